The van der Waals surface area contributed by atoms with Crippen molar-refractivity contribution in [1.29, 1.82) is 0 Å². The number of ether oxygens (including phenoxy) is 3. The number of aliphatic hydroxyl groups excluding tert-OH is 2. The topological polar surface area (TPSA) is 104 Å². The van der Waals surface area contributed by atoms with Gasteiger partial charge in [-0.2, -0.15) is 0 Å². The van der Waals surface area contributed by atoms with Gasteiger partial charge < -0.3 is 34.2 Å². The number of epoxide rings is 1. The quantitative estimate of drug-likeness (QED) is 0.0964. The van der Waals surface area contributed by atoms with Gasteiger partial charge in [0.1, 0.15) is 0 Å². The molecule has 0 amide bonds. The van der Waals surface area contributed by atoms with E-state index >= 15 is 0 Å². The minimum Gasteiger partial charge on any atom is -0.392 e. The van der Waals surface area contributed by atoms with E-state index in [4.69, 9.17) is 14.2 Å². The molecule has 2 N–H and O–H groups in total. The highest BCUT2D eigenvalue weighted by Crippen LogP contribution is 2.47. The van der Waals surface area contributed by atoms with Gasteiger partial charge in [-0.1, -0.05) is 48.5 Å². The van der Waals surface area contributed by atoms with Crippen molar-refractivity contribution >= 4 is 44.8 Å². The smallest absolute Gasteiger partial charge is 0.0894 e. The highest BCUT2D eigenvalue weighted by molar-refractivity contribution is 5.93. The van der Waals surface area contributed by atoms with Gasteiger partial charge in [0.15, 0.2) is 0 Å². The molecule has 2 aliphatic rings. The third-order valence-corrected chi connectivity index (χ3v) is 7.35. The summed E-state index contributed by atoms with van der Waals surface area (Å²) in [5, 5.41) is 19.7. The van der Waals surface area contributed by atoms with Crippen molar-refractivity contribution in [3.8, 4) is 0 Å². The summed E-state index contributed by atoms with van der Waals surface area (Å²) < 4.78 is 14.7. The van der Waals surface area contributed by atoms with Gasteiger partial charge in [0.25, 0.3) is 0 Å². The zero-order valence-corrected chi connectivity index (χ0v) is 28.8. The largest absolute Gasteiger partial charge is 0.392 e. The summed E-state index contributed by atoms with van der Waals surface area (Å²) >= 11 is 0. The van der Waals surface area contributed by atoms with Gasteiger partial charge in [0.2, 0.25) is 0 Å². The molecule has 3 unspecified atom stereocenters. The summed E-state index contributed by atoms with van der Waals surface area (Å²) in [4.78, 5) is 13.3. The lowest BCUT2D eigenvalue weighted by atomic mass is 10.1. The van der Waals surface area contributed by atoms with Crippen LogP contribution in [0.25, 0.3) is 22.1 Å². The summed E-state index contributed by atoms with van der Waals surface area (Å²) in [6, 6.07) is 32.1. The Morgan fingerprint density at radius 2 is 0.896 bits per heavy atom. The number of aliphatic hydroxyl groups is 2. The summed E-state index contributed by atoms with van der Waals surface area (Å²) in [6.07, 6.45) is -0.270. The second kappa shape index (κ2) is 19.0. The van der Waals surface area contributed by atoms with Crippen LogP contribution in [0.4, 0.5) is 22.7 Å². The minimum atomic E-state index is -0.426. The van der Waals surface area contributed by atoms with Crippen molar-refractivity contribution in [2.75, 3.05) is 55.9 Å². The lowest BCUT2D eigenvalue weighted by Gasteiger charge is -2.41. The molecule has 5 aromatic rings. The van der Waals surface area contributed by atoms with Crippen LogP contribution in [0.1, 0.15) is 34.6 Å². The molecular weight excluding hydrogens is 604 g/mol. The Balaban J connectivity index is 0.000000169. The maximum absolute atomic E-state index is 9.87. The average molecular weight is 655 g/mol. The van der Waals surface area contributed by atoms with Crippen LogP contribution in [0.2, 0.25) is 0 Å². The molecule has 1 fully saturated rings. The molecule has 0 spiro atoms. The molecule has 0 bridgehead atoms. The second-order valence-corrected chi connectivity index (χ2v) is 11.6. The monoisotopic (exact) mass is 654 g/mol. The second-order valence-electron chi connectivity index (χ2n) is 11.6. The number of rotatable bonds is 9. The number of hydrogen-bond donors (Lipinski definition) is 2. The molecule has 9 heteroatoms. The maximum Gasteiger partial charge on any atom is 0.0894 e. The molecule has 4 aromatic carbocycles. The fourth-order valence-corrected chi connectivity index (χ4v) is 5.09. The van der Waals surface area contributed by atoms with Gasteiger partial charge in [-0.15, -0.1) is 0 Å². The van der Waals surface area contributed by atoms with E-state index in [2.05, 4.69) is 51.0 Å². The van der Waals surface area contributed by atoms with E-state index in [0.717, 1.165) is 77.9 Å². The average Bonchev–Trinajstić information content (AvgIpc) is 3.89. The Kier molecular flexibility index (Phi) is 14.5. The lowest BCUT2D eigenvalue weighted by molar-refractivity contribution is 0.0584. The Labute approximate surface area is 284 Å². The number of nitrogens with zero attached hydrogens (tertiary/aromatic N) is 4. The number of β-amino-alcohol motifs (C(OH)–C–C–N with tert-alkyl or cyclic N) is 2. The normalized spacial score (nSPS) is 15.4. The minimum absolute atomic E-state index is 0.426. The third kappa shape index (κ3) is 11.0. The molecule has 9 nitrogen and oxygen atoms in total. The lowest BCUT2D eigenvalue weighted by Crippen LogP contribution is -2.36. The predicted octanol–water partition coefficient (Wildman–Crippen LogP) is 7.29. The molecule has 7 rings (SSSR count). The predicted molar refractivity (Wildman–Crippen MR) is 196 cm³/mol. The number of benzene rings is 4. The maximum atomic E-state index is 9.87. The van der Waals surface area contributed by atoms with Gasteiger partial charge in [-0.25, -0.2) is 9.97 Å². The summed E-state index contributed by atoms with van der Waals surface area (Å²) in [7, 11) is 0. The Morgan fingerprint density at radius 3 is 1.12 bits per heavy atom. The summed E-state index contributed by atoms with van der Waals surface area (Å²) in [5.74, 6) is 0. The zero-order chi connectivity index (χ0) is 34.3. The van der Waals surface area contributed by atoms with Gasteiger partial charge in [-0.3, -0.25) is 0 Å². The first kappa shape index (κ1) is 36.7. The summed E-state index contributed by atoms with van der Waals surface area (Å²) in [6.45, 7) is 14.7. The first-order valence-corrected chi connectivity index (χ1v) is 16.8. The van der Waals surface area contributed by atoms with Gasteiger partial charge >= 0.3 is 0 Å². The van der Waals surface area contributed by atoms with Crippen LogP contribution < -0.4 is 9.80 Å². The Morgan fingerprint density at radius 1 is 0.625 bits per heavy atom. The van der Waals surface area contributed by atoms with E-state index in [-0.39, 0.29) is 0 Å². The van der Waals surface area contributed by atoms with Gasteiger partial charge in [0.05, 0.1) is 82.9 Å². The van der Waals surface area contributed by atoms with Crippen LogP contribution in [0.15, 0.2) is 97.1 Å². The van der Waals surface area contributed by atoms with Crippen molar-refractivity contribution < 1.29 is 24.4 Å². The van der Waals surface area contributed by atoms with Crippen LogP contribution in [0.5, 0.6) is 0 Å². The fourth-order valence-electron chi connectivity index (χ4n) is 5.09. The number of hydrogen-bond acceptors (Lipinski definition) is 9. The first-order valence-electron chi connectivity index (χ1n) is 16.8. The standard InChI is InChI=1S/C18H22N2O2.C12H8N2.C6H14O2.C3H6O/c1-13(21)11-19-15-7-3-5-9-17(15)20(12-14(2)22)18-10-6-4-8-16(18)19;1-2-6-10-9(5-1)13-11-7-3-4-8-12(11)14-10;1-3-7-5-6-8-4-2;1-3-2-4-3/h3-10,13-14,21-22H,11-12H2,1-2H3;1-8H;3-6H2,1-2H3;3H,2H2,1H3. The van der Waals surface area contributed by atoms with Crippen LogP contribution in [0, 0.1) is 0 Å². The first-order chi connectivity index (χ1) is 23.3. The van der Waals surface area contributed by atoms with Crippen molar-refractivity contribution in [2.24, 2.45) is 0 Å². The zero-order valence-electron chi connectivity index (χ0n) is 28.8. The molecule has 256 valence electrons. The van der Waals surface area contributed by atoms with Crippen molar-refractivity contribution in [3.05, 3.63) is 97.1 Å². The van der Waals surface area contributed by atoms with E-state index in [9.17, 15) is 10.2 Å². The van der Waals surface area contributed by atoms with E-state index in [1.165, 1.54) is 0 Å². The van der Waals surface area contributed by atoms with E-state index in [1.54, 1.807) is 13.8 Å². The molecule has 3 atom stereocenters. The van der Waals surface area contributed by atoms with Crippen molar-refractivity contribution in [2.45, 2.75) is 52.9 Å². The molecule has 1 saturated heterocycles. The highest BCUT2D eigenvalue weighted by atomic mass is 16.6. The van der Waals surface area contributed by atoms with Crippen molar-refractivity contribution in [1.82, 2.24) is 9.97 Å². The molecule has 3 heterocycles. The molecule has 48 heavy (non-hydrogen) atoms. The fraction of sp³-hybridized carbons (Fsp3) is 0.385. The molecule has 0 saturated carbocycles. The van der Waals surface area contributed by atoms with E-state index in [1.807, 2.05) is 86.6 Å². The highest BCUT2D eigenvalue weighted by Gasteiger charge is 2.28. The Bertz CT molecular complexity index is 1460. The number of aromatic nitrogens is 2. The molecule has 0 aliphatic carbocycles. The van der Waals surface area contributed by atoms with Crippen LogP contribution in [0.3, 0.4) is 0 Å². The molecule has 1 aromatic heterocycles. The van der Waals surface area contributed by atoms with E-state index < -0.39 is 12.2 Å². The molecule has 2 aliphatic heterocycles. The molecule has 0 radical (unpaired) electrons. The molecular formula is C39H50N4O5. The van der Waals surface area contributed by atoms with Crippen molar-refractivity contribution in [3.63, 3.8) is 0 Å². The summed E-state index contributed by atoms with van der Waals surface area (Å²) in [5.41, 5.74) is 8.03. The number of fused-ring (bicyclic) bond motifs is 4. The third-order valence-electron chi connectivity index (χ3n) is 7.35. The number of anilines is 4. The SMILES string of the molecule is CC(O)CN1c2ccccc2N(CC(C)O)c2ccccc21.CC1CO1.CCOCCOCC.c1ccc2nc3ccccc3nc2c1. The number of para-hydroxylation sites is 8. The Hall–Kier alpha value is -4.12. The van der Waals surface area contributed by atoms with Crippen LogP contribution in [-0.2, 0) is 14.2 Å². The van der Waals surface area contributed by atoms with Gasteiger partial charge in [-0.05, 0) is 83.1 Å². The van der Waals surface area contributed by atoms with E-state index in [0.29, 0.717) is 19.2 Å². The van der Waals surface area contributed by atoms with Crippen LogP contribution in [-0.4, -0.2) is 84.6 Å². The van der Waals surface area contributed by atoms with Gasteiger partial charge in [0, 0.05) is 26.3 Å². The van der Waals surface area contributed by atoms with Crippen LogP contribution >= 0.6 is 0 Å².